The van der Waals surface area contributed by atoms with Crippen LogP contribution in [0.3, 0.4) is 0 Å². The summed E-state index contributed by atoms with van der Waals surface area (Å²) in [5.74, 6) is -1.79. The molecule has 0 unspecified atom stereocenters. The summed E-state index contributed by atoms with van der Waals surface area (Å²) in [6.45, 7) is 1.36. The first kappa shape index (κ1) is 26.1. The van der Waals surface area contributed by atoms with Crippen LogP contribution in [0.15, 0.2) is 70.3 Å². The SMILES string of the molecule is CCCN(C(=O)COC(=O)CCC(=O)c1ccccc1)c1c(N)n(Cc2ccccc2)c(=O)[nH]c1=O. The van der Waals surface area contributed by atoms with Crippen molar-refractivity contribution < 1.29 is 19.1 Å². The van der Waals surface area contributed by atoms with Gasteiger partial charge in [0.05, 0.1) is 13.0 Å². The standard InChI is InChI=1S/C26H28N4O6/c1-2-15-29(21(32)17-36-22(33)14-13-20(31)19-11-7-4-8-12-19)23-24(27)30(26(35)28-25(23)34)16-18-9-5-3-6-10-18/h3-12H,2,13-17,27H2,1H3,(H,28,34,35). The Bertz CT molecular complexity index is 1330. The molecule has 3 N–H and O–H groups in total. The Morgan fingerprint density at radius 2 is 1.61 bits per heavy atom. The number of nitrogens with one attached hydrogen (secondary N) is 1. The van der Waals surface area contributed by atoms with Crippen LogP contribution in [0.1, 0.15) is 42.1 Å². The predicted octanol–water partition coefficient (Wildman–Crippen LogP) is 2.12. The van der Waals surface area contributed by atoms with E-state index in [0.717, 1.165) is 10.5 Å². The lowest BCUT2D eigenvalue weighted by molar-refractivity contribution is -0.147. The van der Waals surface area contributed by atoms with Crippen LogP contribution >= 0.6 is 0 Å². The fourth-order valence-corrected chi connectivity index (χ4v) is 3.62. The highest BCUT2D eigenvalue weighted by atomic mass is 16.5. The van der Waals surface area contributed by atoms with Crippen LogP contribution in [0, 0.1) is 0 Å². The Balaban J connectivity index is 1.72. The largest absolute Gasteiger partial charge is 0.456 e. The first-order chi connectivity index (χ1) is 17.3. The summed E-state index contributed by atoms with van der Waals surface area (Å²) < 4.78 is 6.23. The molecule has 10 nitrogen and oxygen atoms in total. The molecule has 0 fully saturated rings. The van der Waals surface area contributed by atoms with Crippen molar-refractivity contribution in [3.05, 3.63) is 92.6 Å². The number of carbonyl (C=O) groups excluding carboxylic acids is 3. The van der Waals surface area contributed by atoms with Crippen LogP contribution in [0.4, 0.5) is 11.5 Å². The molecule has 10 heteroatoms. The van der Waals surface area contributed by atoms with Gasteiger partial charge in [-0.25, -0.2) is 4.79 Å². The van der Waals surface area contributed by atoms with Gasteiger partial charge in [-0.15, -0.1) is 0 Å². The van der Waals surface area contributed by atoms with Crippen molar-refractivity contribution in [2.75, 3.05) is 23.8 Å². The highest BCUT2D eigenvalue weighted by Gasteiger charge is 2.25. The second-order valence-corrected chi connectivity index (χ2v) is 8.06. The Morgan fingerprint density at radius 3 is 2.25 bits per heavy atom. The van der Waals surface area contributed by atoms with Crippen molar-refractivity contribution in [3.63, 3.8) is 0 Å². The normalized spacial score (nSPS) is 10.6. The number of nitrogens with two attached hydrogens (primary N) is 1. The molecule has 1 amide bonds. The van der Waals surface area contributed by atoms with Gasteiger partial charge < -0.3 is 15.4 Å². The van der Waals surface area contributed by atoms with Crippen molar-refractivity contribution in [1.29, 1.82) is 0 Å². The summed E-state index contributed by atoms with van der Waals surface area (Å²) in [4.78, 5) is 65.7. The van der Waals surface area contributed by atoms with Crippen molar-refractivity contribution >= 4 is 29.2 Å². The van der Waals surface area contributed by atoms with E-state index in [-0.39, 0.29) is 43.2 Å². The lowest BCUT2D eigenvalue weighted by Gasteiger charge is -2.24. The van der Waals surface area contributed by atoms with E-state index in [1.54, 1.807) is 61.5 Å². The number of Topliss-reactive ketones (excluding diaryl/α,β-unsaturated/α-hetero) is 1. The molecule has 0 bridgehead atoms. The maximum absolute atomic E-state index is 12.9. The van der Waals surface area contributed by atoms with Gasteiger partial charge in [-0.2, -0.15) is 0 Å². The summed E-state index contributed by atoms with van der Waals surface area (Å²) in [5.41, 5.74) is 5.75. The molecule has 0 spiro atoms. The number of nitrogen functional groups attached to an aromatic ring is 1. The van der Waals surface area contributed by atoms with Gasteiger partial charge in [-0.3, -0.25) is 28.7 Å². The maximum Gasteiger partial charge on any atom is 0.330 e. The fourth-order valence-electron chi connectivity index (χ4n) is 3.62. The Labute approximate surface area is 207 Å². The second kappa shape index (κ2) is 12.3. The number of H-pyrrole nitrogens is 1. The summed E-state index contributed by atoms with van der Waals surface area (Å²) in [6.07, 6.45) is 0.216. The van der Waals surface area contributed by atoms with E-state index in [9.17, 15) is 24.0 Å². The number of ether oxygens (including phenoxy) is 1. The molecular formula is C26H28N4O6. The van der Waals surface area contributed by atoms with E-state index in [0.29, 0.717) is 12.0 Å². The smallest absolute Gasteiger partial charge is 0.330 e. The Kier molecular flexibility index (Phi) is 8.93. The van der Waals surface area contributed by atoms with Crippen LogP contribution in [0.5, 0.6) is 0 Å². The number of carbonyl (C=O) groups is 3. The van der Waals surface area contributed by atoms with E-state index in [4.69, 9.17) is 10.5 Å². The fraction of sp³-hybridized carbons (Fsp3) is 0.269. The number of aromatic nitrogens is 2. The first-order valence-electron chi connectivity index (χ1n) is 11.5. The zero-order chi connectivity index (χ0) is 26.1. The molecule has 1 aromatic heterocycles. The van der Waals surface area contributed by atoms with Gasteiger partial charge >= 0.3 is 11.7 Å². The minimum atomic E-state index is -0.816. The van der Waals surface area contributed by atoms with Crippen molar-refractivity contribution in [3.8, 4) is 0 Å². The van der Waals surface area contributed by atoms with Crippen LogP contribution in [-0.2, 0) is 20.9 Å². The Hall–Kier alpha value is -4.47. The molecule has 0 saturated carbocycles. The number of aromatic amines is 1. The van der Waals surface area contributed by atoms with Crippen LogP contribution < -0.4 is 21.9 Å². The maximum atomic E-state index is 12.9. The second-order valence-electron chi connectivity index (χ2n) is 8.06. The molecule has 1 heterocycles. The van der Waals surface area contributed by atoms with Crippen molar-refractivity contribution in [2.24, 2.45) is 0 Å². The molecule has 3 rings (SSSR count). The van der Waals surface area contributed by atoms with E-state index in [2.05, 4.69) is 4.98 Å². The molecule has 0 radical (unpaired) electrons. The lowest BCUT2D eigenvalue weighted by atomic mass is 10.1. The van der Waals surface area contributed by atoms with E-state index < -0.39 is 29.7 Å². The zero-order valence-electron chi connectivity index (χ0n) is 19.9. The third-order valence-electron chi connectivity index (χ3n) is 5.42. The third-order valence-corrected chi connectivity index (χ3v) is 5.42. The van der Waals surface area contributed by atoms with E-state index in [1.807, 2.05) is 6.07 Å². The first-order valence-corrected chi connectivity index (χ1v) is 11.5. The van der Waals surface area contributed by atoms with E-state index in [1.165, 1.54) is 4.57 Å². The zero-order valence-corrected chi connectivity index (χ0v) is 19.9. The van der Waals surface area contributed by atoms with Gasteiger partial charge in [0.1, 0.15) is 5.82 Å². The van der Waals surface area contributed by atoms with Gasteiger partial charge in [0.25, 0.3) is 11.5 Å². The Morgan fingerprint density at radius 1 is 0.972 bits per heavy atom. The minimum absolute atomic E-state index is 0.0627. The average molecular weight is 493 g/mol. The molecule has 0 aliphatic rings. The van der Waals surface area contributed by atoms with Gasteiger partial charge in [0.15, 0.2) is 18.1 Å². The molecule has 2 aromatic carbocycles. The quantitative estimate of drug-likeness (QED) is 0.308. The summed E-state index contributed by atoms with van der Waals surface area (Å²) in [5, 5.41) is 0. The summed E-state index contributed by atoms with van der Waals surface area (Å²) >= 11 is 0. The molecule has 0 atom stereocenters. The number of benzene rings is 2. The number of rotatable bonds is 11. The molecule has 0 aliphatic carbocycles. The topological polar surface area (TPSA) is 145 Å². The number of hydrogen-bond acceptors (Lipinski definition) is 7. The van der Waals surface area contributed by atoms with Gasteiger partial charge in [-0.05, 0) is 12.0 Å². The number of esters is 1. The van der Waals surface area contributed by atoms with Gasteiger partial charge in [0.2, 0.25) is 0 Å². The van der Waals surface area contributed by atoms with Crippen LogP contribution in [-0.4, -0.2) is 40.4 Å². The summed E-state index contributed by atoms with van der Waals surface area (Å²) in [6, 6.07) is 17.6. The molecular weight excluding hydrogens is 464 g/mol. The highest BCUT2D eigenvalue weighted by molar-refractivity contribution is 5.98. The van der Waals surface area contributed by atoms with Crippen LogP contribution in [0.2, 0.25) is 0 Å². The number of hydrogen-bond donors (Lipinski definition) is 2. The minimum Gasteiger partial charge on any atom is -0.456 e. The summed E-state index contributed by atoms with van der Waals surface area (Å²) in [7, 11) is 0. The molecule has 0 saturated heterocycles. The molecule has 36 heavy (non-hydrogen) atoms. The molecule has 0 aliphatic heterocycles. The average Bonchev–Trinajstić information content (AvgIpc) is 2.88. The van der Waals surface area contributed by atoms with Crippen LogP contribution in [0.25, 0.3) is 0 Å². The predicted molar refractivity (Wildman–Crippen MR) is 135 cm³/mol. The number of anilines is 2. The number of nitrogens with zero attached hydrogens (tertiary/aromatic N) is 2. The third kappa shape index (κ3) is 6.56. The van der Waals surface area contributed by atoms with Crippen molar-refractivity contribution in [1.82, 2.24) is 9.55 Å². The lowest BCUT2D eigenvalue weighted by Crippen LogP contribution is -2.43. The van der Waals surface area contributed by atoms with Crippen molar-refractivity contribution in [2.45, 2.75) is 32.7 Å². The highest BCUT2D eigenvalue weighted by Crippen LogP contribution is 2.18. The number of amides is 1. The molecule has 3 aromatic rings. The molecule has 188 valence electrons. The van der Waals surface area contributed by atoms with E-state index >= 15 is 0 Å². The van der Waals surface area contributed by atoms with Gasteiger partial charge in [-0.1, -0.05) is 67.6 Å². The monoisotopic (exact) mass is 492 g/mol. The number of ketones is 1. The van der Waals surface area contributed by atoms with Gasteiger partial charge in [0, 0.05) is 18.5 Å².